The zero-order valence-corrected chi connectivity index (χ0v) is 8.70. The lowest BCUT2D eigenvalue weighted by Crippen LogP contribution is -2.10. The van der Waals surface area contributed by atoms with Crippen LogP contribution in [0.5, 0.6) is 0 Å². The highest BCUT2D eigenvalue weighted by molar-refractivity contribution is 7.80. The molecule has 14 heavy (non-hydrogen) atoms. The molecule has 0 aliphatic rings. The maximum atomic E-state index is 10.3. The van der Waals surface area contributed by atoms with Crippen LogP contribution in [0.15, 0.2) is 12.2 Å². The average molecular weight is 227 g/mol. The summed E-state index contributed by atoms with van der Waals surface area (Å²) in [4.78, 5) is 14.2. The molecule has 0 aliphatic heterocycles. The molecule has 0 fully saturated rings. The molecule has 0 spiro atoms. The van der Waals surface area contributed by atoms with Gasteiger partial charge in [-0.3, -0.25) is 8.74 Å². The zero-order chi connectivity index (χ0) is 11.8. The van der Waals surface area contributed by atoms with E-state index in [9.17, 15) is 13.2 Å². The normalized spacial score (nSPS) is 9.71. The molecule has 0 radical (unpaired) electrons. The fourth-order valence-electron chi connectivity index (χ4n) is 0.228. The second kappa shape index (κ2) is 7.44. The summed E-state index contributed by atoms with van der Waals surface area (Å²) in [7, 11) is -3.29. The third-order valence-electron chi connectivity index (χ3n) is 1.03. The Balaban J connectivity index is 0. The minimum Gasteiger partial charge on any atom is -0.370 e. The van der Waals surface area contributed by atoms with E-state index in [1.54, 1.807) is 6.92 Å². The number of nitrogens with two attached hydrogens (primary N) is 1. The summed E-state index contributed by atoms with van der Waals surface area (Å²) >= 11 is 0. The third kappa shape index (κ3) is 11.0. The van der Waals surface area contributed by atoms with Crippen molar-refractivity contribution in [2.24, 2.45) is 5.90 Å². The molecular formula is C6H13NO6S. The van der Waals surface area contributed by atoms with Crippen molar-refractivity contribution < 1.29 is 26.8 Å². The van der Waals surface area contributed by atoms with Gasteiger partial charge in [-0.05, 0) is 6.42 Å². The summed E-state index contributed by atoms with van der Waals surface area (Å²) in [5.41, 5.74) is 0.396. The predicted octanol–water partition coefficient (Wildman–Crippen LogP) is -0.195. The van der Waals surface area contributed by atoms with Gasteiger partial charge in [0.25, 0.3) is 0 Å². The van der Waals surface area contributed by atoms with E-state index in [2.05, 4.69) is 21.5 Å². The van der Waals surface area contributed by atoms with Crippen molar-refractivity contribution in [3.05, 3.63) is 12.2 Å². The summed E-state index contributed by atoms with van der Waals surface area (Å²) in [6.45, 7) is 5.19. The highest BCUT2D eigenvalue weighted by Crippen LogP contribution is 1.95. The van der Waals surface area contributed by atoms with Crippen LogP contribution in [-0.4, -0.2) is 26.0 Å². The van der Waals surface area contributed by atoms with E-state index in [4.69, 9.17) is 4.55 Å². The Morgan fingerprint density at radius 3 is 2.00 bits per heavy atom. The maximum absolute atomic E-state index is 10.3. The summed E-state index contributed by atoms with van der Waals surface area (Å²) in [6.07, 6.45) is 0.579. The molecule has 3 N–H and O–H groups in total. The monoisotopic (exact) mass is 227 g/mol. The van der Waals surface area contributed by atoms with Gasteiger partial charge in [-0.1, -0.05) is 13.5 Å². The first-order valence-electron chi connectivity index (χ1n) is 3.40. The molecule has 0 aliphatic carbocycles. The Labute approximate surface area is 82.4 Å². The summed E-state index contributed by atoms with van der Waals surface area (Å²) in [5, 5.41) is 0. The molecule has 84 valence electrons. The van der Waals surface area contributed by atoms with Crippen molar-refractivity contribution in [3.8, 4) is 0 Å². The highest BCUT2D eigenvalue weighted by Gasteiger charge is 2.01. The Morgan fingerprint density at radius 2 is 1.93 bits per heavy atom. The van der Waals surface area contributed by atoms with Crippen LogP contribution in [0.4, 0.5) is 0 Å². The van der Waals surface area contributed by atoms with E-state index in [0.29, 0.717) is 12.0 Å². The lowest BCUT2D eigenvalue weighted by Gasteiger charge is -1.94. The van der Waals surface area contributed by atoms with Crippen molar-refractivity contribution in [2.45, 2.75) is 13.3 Å². The van der Waals surface area contributed by atoms with Crippen LogP contribution < -0.4 is 5.90 Å². The van der Waals surface area contributed by atoms with E-state index in [0.717, 1.165) is 7.11 Å². The molecular weight excluding hydrogens is 214 g/mol. The van der Waals surface area contributed by atoms with Gasteiger partial charge in [0.05, 0.1) is 7.11 Å². The van der Waals surface area contributed by atoms with Crippen LogP contribution in [-0.2, 0) is 24.2 Å². The second-order valence-electron chi connectivity index (χ2n) is 1.96. The Morgan fingerprint density at radius 1 is 1.57 bits per heavy atom. The maximum Gasteiger partial charge on any atom is 0.397 e. The van der Waals surface area contributed by atoms with Crippen LogP contribution in [0.1, 0.15) is 13.3 Å². The van der Waals surface area contributed by atoms with Gasteiger partial charge >= 0.3 is 16.4 Å². The van der Waals surface area contributed by atoms with Gasteiger partial charge in [0.2, 0.25) is 0 Å². The van der Waals surface area contributed by atoms with Gasteiger partial charge in [-0.25, -0.2) is 4.79 Å². The molecule has 0 amide bonds. The van der Waals surface area contributed by atoms with Gasteiger partial charge in [-0.15, -0.1) is 0 Å². The highest BCUT2D eigenvalue weighted by atomic mass is 32.3. The number of hydrogen-bond donors (Lipinski definition) is 2. The molecule has 0 bridgehead atoms. The Kier molecular flexibility index (Phi) is 8.25. The number of hydrogen-bond acceptors (Lipinski definition) is 6. The molecule has 0 saturated heterocycles. The van der Waals surface area contributed by atoms with Crippen LogP contribution >= 0.6 is 0 Å². The van der Waals surface area contributed by atoms with E-state index < -0.39 is 16.4 Å². The van der Waals surface area contributed by atoms with E-state index in [1.807, 2.05) is 0 Å². The molecule has 0 atom stereocenters. The van der Waals surface area contributed by atoms with Gasteiger partial charge < -0.3 is 4.84 Å². The Bertz CT molecular complexity index is 269. The first-order chi connectivity index (χ1) is 6.28. The first kappa shape index (κ1) is 15.5. The molecule has 0 aromatic carbocycles. The molecule has 8 heteroatoms. The van der Waals surface area contributed by atoms with Gasteiger partial charge in [0.15, 0.2) is 0 Å². The lowest BCUT2D eigenvalue weighted by molar-refractivity contribution is -0.139. The minimum atomic E-state index is -4.16. The molecule has 0 heterocycles. The molecule has 0 saturated carbocycles. The quantitative estimate of drug-likeness (QED) is 0.389. The summed E-state index contributed by atoms with van der Waals surface area (Å²) in [6, 6.07) is 0. The largest absolute Gasteiger partial charge is 0.397 e. The molecule has 0 aromatic rings. The van der Waals surface area contributed by atoms with Crippen LogP contribution in [0.25, 0.3) is 0 Å². The number of rotatable bonds is 3. The lowest BCUT2D eigenvalue weighted by atomic mass is 10.2. The van der Waals surface area contributed by atoms with Crippen LogP contribution in [0, 0.1) is 0 Å². The van der Waals surface area contributed by atoms with Crippen LogP contribution in [0.2, 0.25) is 0 Å². The topological polar surface area (TPSA) is 116 Å². The SMILES string of the molecule is C=C(CC)C(=O)ON.COS(=O)(=O)O. The molecule has 7 nitrogen and oxygen atoms in total. The zero-order valence-electron chi connectivity index (χ0n) is 7.89. The van der Waals surface area contributed by atoms with Gasteiger partial charge in [0, 0.05) is 5.57 Å². The summed E-state index contributed by atoms with van der Waals surface area (Å²) < 4.78 is 29.7. The van der Waals surface area contributed by atoms with E-state index in [1.165, 1.54) is 0 Å². The first-order valence-corrected chi connectivity index (χ1v) is 4.76. The number of carbonyl (C=O) groups excluding carboxylic acids is 1. The van der Waals surface area contributed by atoms with Crippen molar-refractivity contribution in [3.63, 3.8) is 0 Å². The summed E-state index contributed by atoms with van der Waals surface area (Å²) in [5.74, 6) is 4.00. The van der Waals surface area contributed by atoms with Gasteiger partial charge in [-0.2, -0.15) is 14.3 Å². The van der Waals surface area contributed by atoms with Gasteiger partial charge in [0.1, 0.15) is 0 Å². The van der Waals surface area contributed by atoms with Crippen molar-refractivity contribution in [1.29, 1.82) is 0 Å². The van der Waals surface area contributed by atoms with Crippen LogP contribution in [0.3, 0.4) is 0 Å². The van der Waals surface area contributed by atoms with E-state index >= 15 is 0 Å². The number of carbonyl (C=O) groups is 1. The molecule has 0 aromatic heterocycles. The molecule has 0 unspecified atom stereocenters. The molecule has 0 rings (SSSR count). The van der Waals surface area contributed by atoms with Crippen molar-refractivity contribution >= 4 is 16.4 Å². The third-order valence-corrected chi connectivity index (χ3v) is 1.45. The van der Waals surface area contributed by atoms with E-state index in [-0.39, 0.29) is 0 Å². The average Bonchev–Trinajstić information content (AvgIpc) is 2.15. The predicted molar refractivity (Wildman–Crippen MR) is 48.3 cm³/mol. The minimum absolute atomic E-state index is 0.396. The second-order valence-corrected chi connectivity index (χ2v) is 3.15. The Hall–Kier alpha value is -0.960. The smallest absolute Gasteiger partial charge is 0.370 e. The fourth-order valence-corrected chi connectivity index (χ4v) is 0.228. The standard InChI is InChI=1S/C5H9NO2.CH4O4S/c1-3-4(2)5(7)8-6;1-5-6(2,3)4/h2-3,6H2,1H3;1H3,(H,2,3,4). The van der Waals surface area contributed by atoms with Crippen molar-refractivity contribution in [2.75, 3.05) is 7.11 Å². The van der Waals surface area contributed by atoms with Crippen molar-refractivity contribution in [1.82, 2.24) is 0 Å². The fraction of sp³-hybridized carbons (Fsp3) is 0.500.